The predicted octanol–water partition coefficient (Wildman–Crippen LogP) is 8.39. The van der Waals surface area contributed by atoms with Gasteiger partial charge < -0.3 is 28.6 Å². The molecular weight excluding hydrogens is 678 g/mol. The Kier molecular flexibility index (Phi) is 10.9. The summed E-state index contributed by atoms with van der Waals surface area (Å²) in [6.45, 7) is 8.92. The molecule has 2 aliphatic rings. The SMILES string of the molecule is Cc1ccc(COc2ccc(Oc3c(C)cc(/C=C/C(=O)N4CCN(Cc5ccc(COc6ccc7c(c6)OCO7)cc5)CC4)cc3Cl)nc2)cc1. The molecule has 0 aliphatic carbocycles. The highest BCUT2D eigenvalue weighted by atomic mass is 35.5. The Morgan fingerprint density at radius 3 is 2.17 bits per heavy atom. The number of carbonyl (C=O) groups is 1. The molecule has 0 bridgehead atoms. The molecule has 52 heavy (non-hydrogen) atoms. The van der Waals surface area contributed by atoms with E-state index in [0.717, 1.165) is 53.4 Å². The molecule has 1 aromatic heterocycles. The van der Waals surface area contributed by atoms with Crippen LogP contribution < -0.4 is 23.7 Å². The average Bonchev–Trinajstić information content (AvgIpc) is 3.64. The summed E-state index contributed by atoms with van der Waals surface area (Å²) in [5.41, 5.74) is 6.26. The zero-order chi connectivity index (χ0) is 35.9. The van der Waals surface area contributed by atoms with Gasteiger partial charge in [0.15, 0.2) is 17.2 Å². The quantitative estimate of drug-likeness (QED) is 0.119. The number of nitrogens with zero attached hydrogens (tertiary/aromatic N) is 3. The van der Waals surface area contributed by atoms with Crippen LogP contribution in [0.2, 0.25) is 5.02 Å². The third kappa shape index (κ3) is 9.04. The number of fused-ring (bicyclic) bond motifs is 1. The summed E-state index contributed by atoms with van der Waals surface area (Å²) >= 11 is 6.63. The zero-order valence-corrected chi connectivity index (χ0v) is 30.0. The molecule has 0 atom stereocenters. The van der Waals surface area contributed by atoms with Gasteiger partial charge in [-0.2, -0.15) is 0 Å². The Morgan fingerprint density at radius 2 is 1.46 bits per heavy atom. The lowest BCUT2D eigenvalue weighted by atomic mass is 10.1. The molecule has 1 fully saturated rings. The number of amides is 1. The summed E-state index contributed by atoms with van der Waals surface area (Å²) in [4.78, 5) is 21.7. The molecule has 10 heteroatoms. The van der Waals surface area contributed by atoms with Gasteiger partial charge in [0, 0.05) is 50.9 Å². The zero-order valence-electron chi connectivity index (χ0n) is 29.2. The first-order chi connectivity index (χ1) is 25.3. The maximum Gasteiger partial charge on any atom is 0.246 e. The Labute approximate surface area is 308 Å². The molecule has 7 rings (SSSR count). The molecule has 0 radical (unpaired) electrons. The van der Waals surface area contributed by atoms with Crippen molar-refractivity contribution in [3.63, 3.8) is 0 Å². The van der Waals surface area contributed by atoms with Gasteiger partial charge in [-0.3, -0.25) is 9.69 Å². The van der Waals surface area contributed by atoms with Crippen LogP contribution in [0, 0.1) is 13.8 Å². The fourth-order valence-corrected chi connectivity index (χ4v) is 6.30. The van der Waals surface area contributed by atoms with Crippen molar-refractivity contribution in [3.05, 3.63) is 142 Å². The van der Waals surface area contributed by atoms with Gasteiger partial charge in [-0.05, 0) is 78.1 Å². The molecule has 0 N–H and O–H groups in total. The molecule has 1 amide bonds. The maximum atomic E-state index is 13.1. The summed E-state index contributed by atoms with van der Waals surface area (Å²) in [6.07, 6.45) is 5.05. The van der Waals surface area contributed by atoms with E-state index in [9.17, 15) is 4.79 Å². The van der Waals surface area contributed by atoms with Crippen molar-refractivity contribution in [1.29, 1.82) is 0 Å². The van der Waals surface area contributed by atoms with Crippen molar-refractivity contribution in [2.45, 2.75) is 33.6 Å². The lowest BCUT2D eigenvalue weighted by Gasteiger charge is -2.34. The lowest BCUT2D eigenvalue weighted by molar-refractivity contribution is -0.127. The van der Waals surface area contributed by atoms with Crippen LogP contribution in [0.3, 0.4) is 0 Å². The lowest BCUT2D eigenvalue weighted by Crippen LogP contribution is -2.47. The topological polar surface area (TPSA) is 82.6 Å². The van der Waals surface area contributed by atoms with Gasteiger partial charge in [0.1, 0.15) is 24.7 Å². The van der Waals surface area contributed by atoms with Crippen LogP contribution in [0.5, 0.6) is 34.6 Å². The number of aryl methyl sites for hydroxylation is 2. The molecular formula is C42H40ClN3O6. The fourth-order valence-electron chi connectivity index (χ4n) is 5.98. The van der Waals surface area contributed by atoms with Gasteiger partial charge in [-0.15, -0.1) is 0 Å². The number of pyridine rings is 1. The minimum absolute atomic E-state index is 0.0190. The Balaban J connectivity index is 0.849. The Morgan fingerprint density at radius 1 is 0.788 bits per heavy atom. The second kappa shape index (κ2) is 16.2. The number of carbonyl (C=O) groups excluding carboxylic acids is 1. The predicted molar refractivity (Wildman–Crippen MR) is 200 cm³/mol. The minimum atomic E-state index is -0.0190. The van der Waals surface area contributed by atoms with Gasteiger partial charge >= 0.3 is 0 Å². The van der Waals surface area contributed by atoms with Crippen LogP contribution in [0.1, 0.15) is 33.4 Å². The molecule has 266 valence electrons. The second-order valence-electron chi connectivity index (χ2n) is 12.9. The first-order valence-electron chi connectivity index (χ1n) is 17.3. The molecule has 0 unspecified atom stereocenters. The first kappa shape index (κ1) is 34.9. The van der Waals surface area contributed by atoms with E-state index in [1.165, 1.54) is 11.1 Å². The fraction of sp³-hybridized carbons (Fsp3) is 0.238. The average molecular weight is 718 g/mol. The molecule has 4 aromatic carbocycles. The summed E-state index contributed by atoms with van der Waals surface area (Å²) < 4.78 is 28.6. The van der Waals surface area contributed by atoms with Gasteiger partial charge in [0.2, 0.25) is 18.6 Å². The van der Waals surface area contributed by atoms with Crippen LogP contribution >= 0.6 is 11.6 Å². The van der Waals surface area contributed by atoms with E-state index in [2.05, 4.69) is 53.2 Å². The summed E-state index contributed by atoms with van der Waals surface area (Å²) in [5.74, 6) is 3.75. The molecule has 3 heterocycles. The first-order valence-corrected chi connectivity index (χ1v) is 17.6. The van der Waals surface area contributed by atoms with Gasteiger partial charge in [0.25, 0.3) is 0 Å². The van der Waals surface area contributed by atoms with Gasteiger partial charge in [-0.1, -0.05) is 65.7 Å². The summed E-state index contributed by atoms with van der Waals surface area (Å²) in [6, 6.07) is 29.6. The molecule has 1 saturated heterocycles. The number of hydrogen-bond acceptors (Lipinski definition) is 8. The number of halogens is 1. The van der Waals surface area contributed by atoms with Crippen molar-refractivity contribution in [3.8, 4) is 34.6 Å². The number of benzene rings is 4. The molecule has 2 aliphatic heterocycles. The number of piperazine rings is 1. The minimum Gasteiger partial charge on any atom is -0.489 e. The van der Waals surface area contributed by atoms with E-state index in [1.807, 2.05) is 54.3 Å². The largest absolute Gasteiger partial charge is 0.489 e. The third-order valence-corrected chi connectivity index (χ3v) is 9.26. The van der Waals surface area contributed by atoms with Crippen LogP contribution in [0.15, 0.2) is 103 Å². The Hall–Kier alpha value is -5.51. The monoisotopic (exact) mass is 717 g/mol. The number of ether oxygens (including phenoxy) is 5. The normalized spacial score (nSPS) is 14.1. The highest BCUT2D eigenvalue weighted by molar-refractivity contribution is 6.32. The molecule has 9 nitrogen and oxygen atoms in total. The van der Waals surface area contributed by atoms with E-state index >= 15 is 0 Å². The number of hydrogen-bond donors (Lipinski definition) is 0. The van der Waals surface area contributed by atoms with Crippen LogP contribution in [0.25, 0.3) is 6.08 Å². The van der Waals surface area contributed by atoms with Crippen molar-refractivity contribution in [2.24, 2.45) is 0 Å². The van der Waals surface area contributed by atoms with Crippen LogP contribution in [-0.4, -0.2) is 53.7 Å². The molecule has 5 aromatic rings. The van der Waals surface area contributed by atoms with Gasteiger partial charge in [-0.25, -0.2) is 4.98 Å². The Bertz CT molecular complexity index is 2000. The van der Waals surface area contributed by atoms with Crippen LogP contribution in [0.4, 0.5) is 0 Å². The van der Waals surface area contributed by atoms with E-state index in [1.54, 1.807) is 30.5 Å². The highest BCUT2D eigenvalue weighted by Gasteiger charge is 2.20. The highest BCUT2D eigenvalue weighted by Crippen LogP contribution is 2.36. The maximum absolute atomic E-state index is 13.1. The standard InChI is InChI=1S/C42H40ClN3O6/c1-29-3-5-32(6-4-29)27-49-36-13-15-40(44-24-36)52-42-30(2)21-34(22-37(42)43)11-16-41(47)46-19-17-45(18-20-46)25-31-7-9-33(10-8-31)26-48-35-12-14-38-39(23-35)51-28-50-38/h3-16,21-24H,17-20,25-28H2,1-2H3/b16-11+. The van der Waals surface area contributed by atoms with Crippen LogP contribution in [-0.2, 0) is 24.6 Å². The third-order valence-electron chi connectivity index (χ3n) is 8.97. The summed E-state index contributed by atoms with van der Waals surface area (Å²) in [5, 5.41) is 0.437. The van der Waals surface area contributed by atoms with E-state index in [-0.39, 0.29) is 12.7 Å². The number of rotatable bonds is 12. The van der Waals surface area contributed by atoms with Crippen molar-refractivity contribution in [1.82, 2.24) is 14.8 Å². The van der Waals surface area contributed by atoms with Crippen molar-refractivity contribution >= 4 is 23.6 Å². The van der Waals surface area contributed by atoms with Crippen molar-refractivity contribution < 1.29 is 28.5 Å². The summed E-state index contributed by atoms with van der Waals surface area (Å²) in [7, 11) is 0. The van der Waals surface area contributed by atoms with E-state index < -0.39 is 0 Å². The number of aromatic nitrogens is 1. The molecule has 0 spiro atoms. The second-order valence-corrected chi connectivity index (χ2v) is 13.3. The molecule has 0 saturated carbocycles. The smallest absolute Gasteiger partial charge is 0.246 e. The van der Waals surface area contributed by atoms with E-state index in [4.69, 9.17) is 35.3 Å². The van der Waals surface area contributed by atoms with Gasteiger partial charge in [0.05, 0.1) is 11.2 Å². The van der Waals surface area contributed by atoms with Crippen molar-refractivity contribution in [2.75, 3.05) is 33.0 Å². The van der Waals surface area contributed by atoms with E-state index in [0.29, 0.717) is 54.5 Å².